The fourth-order valence-electron chi connectivity index (χ4n) is 3.55. The summed E-state index contributed by atoms with van der Waals surface area (Å²) in [5, 5.41) is 0.783. The van der Waals surface area contributed by atoms with E-state index in [-0.39, 0.29) is 0 Å². The van der Waals surface area contributed by atoms with Gasteiger partial charge in [-0.05, 0) is 73.6 Å². The summed E-state index contributed by atoms with van der Waals surface area (Å²) in [6.45, 7) is 4.56. The third-order valence-electron chi connectivity index (χ3n) is 5.23. The fourth-order valence-corrected chi connectivity index (χ4v) is 4.64. The number of nitrogens with zero attached hydrogens (tertiary/aromatic N) is 1. The zero-order valence-electron chi connectivity index (χ0n) is 15.4. The van der Waals surface area contributed by atoms with Crippen LogP contribution in [0.5, 0.6) is 0 Å². The van der Waals surface area contributed by atoms with Crippen LogP contribution in [0.25, 0.3) is 11.1 Å². The average Bonchev–Trinajstić information content (AvgIpc) is 2.68. The normalized spacial score (nSPS) is 16.1. The van der Waals surface area contributed by atoms with Gasteiger partial charge in [-0.3, -0.25) is 0 Å². The van der Waals surface area contributed by atoms with Crippen LogP contribution in [0, 0.1) is 5.92 Å². The molecule has 0 aliphatic carbocycles. The Morgan fingerprint density at radius 2 is 1.58 bits per heavy atom. The predicted molar refractivity (Wildman–Crippen MR) is 116 cm³/mol. The predicted octanol–water partition coefficient (Wildman–Crippen LogP) is 5.30. The highest BCUT2D eigenvalue weighted by Crippen LogP contribution is 2.24. The molecule has 3 rings (SSSR count). The molecular weight excluding hydrogens is 360 g/mol. The van der Waals surface area contributed by atoms with E-state index in [9.17, 15) is 0 Å². The highest BCUT2D eigenvalue weighted by atomic mass is 35.5. The molecule has 1 saturated heterocycles. The van der Waals surface area contributed by atoms with E-state index in [1.54, 1.807) is 0 Å². The maximum atomic E-state index is 5.96. The Morgan fingerprint density at radius 1 is 0.962 bits per heavy atom. The molecule has 26 heavy (non-hydrogen) atoms. The molecule has 1 aliphatic heterocycles. The average molecular weight is 389 g/mol. The van der Waals surface area contributed by atoms with Crippen LogP contribution in [0.1, 0.15) is 24.8 Å². The number of hydrogen-bond acceptors (Lipinski definition) is 3. The molecule has 2 aromatic rings. The van der Waals surface area contributed by atoms with E-state index in [1.807, 2.05) is 23.9 Å². The van der Waals surface area contributed by atoms with E-state index in [4.69, 9.17) is 17.3 Å². The van der Waals surface area contributed by atoms with Crippen LogP contribution in [0.3, 0.4) is 0 Å². The Morgan fingerprint density at radius 3 is 2.19 bits per heavy atom. The Labute approximate surface area is 167 Å². The van der Waals surface area contributed by atoms with Crippen LogP contribution in [0.2, 0.25) is 5.02 Å². The molecule has 0 spiro atoms. The van der Waals surface area contributed by atoms with Gasteiger partial charge < -0.3 is 10.6 Å². The number of halogens is 1. The molecule has 1 fully saturated rings. The van der Waals surface area contributed by atoms with E-state index < -0.39 is 0 Å². The van der Waals surface area contributed by atoms with Crippen molar-refractivity contribution in [1.82, 2.24) is 4.90 Å². The lowest BCUT2D eigenvalue weighted by atomic mass is 9.94. The molecule has 0 amide bonds. The molecule has 0 atom stereocenters. The topological polar surface area (TPSA) is 29.3 Å². The molecule has 4 heteroatoms. The lowest BCUT2D eigenvalue weighted by molar-refractivity contribution is 0.189. The summed E-state index contributed by atoms with van der Waals surface area (Å²) in [5.41, 5.74) is 9.53. The minimum Gasteiger partial charge on any atom is -0.330 e. The number of thioether (sulfide) groups is 1. The van der Waals surface area contributed by atoms with Gasteiger partial charge in [-0.2, -0.15) is 11.8 Å². The number of rotatable bonds is 8. The van der Waals surface area contributed by atoms with Crippen molar-refractivity contribution in [1.29, 1.82) is 0 Å². The van der Waals surface area contributed by atoms with Crippen LogP contribution in [0.15, 0.2) is 48.5 Å². The van der Waals surface area contributed by atoms with Gasteiger partial charge in [0.05, 0.1) is 0 Å². The van der Waals surface area contributed by atoms with E-state index in [2.05, 4.69) is 41.3 Å². The fraction of sp³-hybridized carbons (Fsp3) is 0.455. The van der Waals surface area contributed by atoms with Gasteiger partial charge in [0.2, 0.25) is 0 Å². The monoisotopic (exact) mass is 388 g/mol. The second-order valence-electron chi connectivity index (χ2n) is 7.12. The third kappa shape index (κ3) is 6.02. The van der Waals surface area contributed by atoms with Gasteiger partial charge >= 0.3 is 0 Å². The van der Waals surface area contributed by atoms with Crippen molar-refractivity contribution in [2.45, 2.75) is 25.0 Å². The Bertz CT molecular complexity index is 649. The van der Waals surface area contributed by atoms with Gasteiger partial charge in [0.1, 0.15) is 0 Å². The Kier molecular flexibility index (Phi) is 7.87. The molecule has 0 saturated carbocycles. The van der Waals surface area contributed by atoms with Crippen molar-refractivity contribution < 1.29 is 0 Å². The van der Waals surface area contributed by atoms with Crippen LogP contribution < -0.4 is 5.73 Å². The molecule has 1 heterocycles. The molecule has 0 aromatic heterocycles. The second-order valence-corrected chi connectivity index (χ2v) is 8.66. The number of nitrogens with two attached hydrogens (primary N) is 1. The van der Waals surface area contributed by atoms with E-state index in [0.29, 0.717) is 0 Å². The summed E-state index contributed by atoms with van der Waals surface area (Å²) >= 11 is 8.00. The molecule has 1 aliphatic rings. The van der Waals surface area contributed by atoms with Crippen molar-refractivity contribution in [2.75, 3.05) is 31.9 Å². The standard InChI is InChI=1S/C22H29ClN2S/c23-22-7-5-21(6-8-22)20-3-1-19(2-4-20)17-26-16-15-25-13-10-18(9-12-24)11-14-25/h1-8,18H,9-17,24H2. The molecular formula is C22H29ClN2S. The highest BCUT2D eigenvalue weighted by molar-refractivity contribution is 7.98. The van der Waals surface area contributed by atoms with Gasteiger partial charge in [0, 0.05) is 23.1 Å². The first kappa shape index (κ1) is 19.8. The Hall–Kier alpha value is -1.00. The van der Waals surface area contributed by atoms with Crippen molar-refractivity contribution in [3.8, 4) is 11.1 Å². The summed E-state index contributed by atoms with van der Waals surface area (Å²) in [7, 11) is 0. The van der Waals surface area contributed by atoms with E-state index >= 15 is 0 Å². The van der Waals surface area contributed by atoms with Gasteiger partial charge in [-0.1, -0.05) is 48.0 Å². The SMILES string of the molecule is NCCC1CCN(CCSCc2ccc(-c3ccc(Cl)cc3)cc2)CC1. The maximum Gasteiger partial charge on any atom is 0.0406 e. The molecule has 140 valence electrons. The van der Waals surface area contributed by atoms with Crippen molar-refractivity contribution in [2.24, 2.45) is 11.7 Å². The number of benzene rings is 2. The van der Waals surface area contributed by atoms with Gasteiger partial charge in [-0.25, -0.2) is 0 Å². The summed E-state index contributed by atoms with van der Waals surface area (Å²) < 4.78 is 0. The zero-order valence-corrected chi connectivity index (χ0v) is 16.9. The number of hydrogen-bond donors (Lipinski definition) is 1. The van der Waals surface area contributed by atoms with Gasteiger partial charge in [-0.15, -0.1) is 0 Å². The van der Waals surface area contributed by atoms with Crippen LogP contribution in [-0.4, -0.2) is 36.8 Å². The van der Waals surface area contributed by atoms with E-state index in [0.717, 1.165) is 23.2 Å². The summed E-state index contributed by atoms with van der Waals surface area (Å²) in [5.74, 6) is 3.16. The number of piperidine rings is 1. The largest absolute Gasteiger partial charge is 0.330 e. The highest BCUT2D eigenvalue weighted by Gasteiger charge is 2.17. The zero-order chi connectivity index (χ0) is 18.2. The summed E-state index contributed by atoms with van der Waals surface area (Å²) in [4.78, 5) is 2.61. The minimum absolute atomic E-state index is 0.783. The van der Waals surface area contributed by atoms with Crippen LogP contribution in [-0.2, 0) is 5.75 Å². The third-order valence-corrected chi connectivity index (χ3v) is 6.49. The molecule has 2 N–H and O–H groups in total. The first-order valence-electron chi connectivity index (χ1n) is 9.59. The second kappa shape index (κ2) is 10.4. The molecule has 0 radical (unpaired) electrons. The van der Waals surface area contributed by atoms with E-state index in [1.165, 1.54) is 61.3 Å². The molecule has 2 aromatic carbocycles. The minimum atomic E-state index is 0.783. The maximum absolute atomic E-state index is 5.96. The lowest BCUT2D eigenvalue weighted by Gasteiger charge is -2.31. The van der Waals surface area contributed by atoms with Gasteiger partial charge in [0.25, 0.3) is 0 Å². The first-order chi connectivity index (χ1) is 12.7. The van der Waals surface area contributed by atoms with Crippen molar-refractivity contribution in [3.63, 3.8) is 0 Å². The Balaban J connectivity index is 1.37. The summed E-state index contributed by atoms with van der Waals surface area (Å²) in [6, 6.07) is 16.9. The molecule has 0 bridgehead atoms. The molecule has 0 unspecified atom stereocenters. The first-order valence-corrected chi connectivity index (χ1v) is 11.1. The smallest absolute Gasteiger partial charge is 0.0406 e. The summed E-state index contributed by atoms with van der Waals surface area (Å²) in [6.07, 6.45) is 3.86. The van der Waals surface area contributed by atoms with Crippen molar-refractivity contribution >= 4 is 23.4 Å². The van der Waals surface area contributed by atoms with Crippen LogP contribution >= 0.6 is 23.4 Å². The van der Waals surface area contributed by atoms with Crippen molar-refractivity contribution in [3.05, 3.63) is 59.1 Å². The lowest BCUT2D eigenvalue weighted by Crippen LogP contribution is -2.35. The van der Waals surface area contributed by atoms with Crippen LogP contribution in [0.4, 0.5) is 0 Å². The quantitative estimate of drug-likeness (QED) is 0.622. The molecule has 2 nitrogen and oxygen atoms in total. The number of likely N-dealkylation sites (tertiary alicyclic amines) is 1. The van der Waals surface area contributed by atoms with Gasteiger partial charge in [0.15, 0.2) is 0 Å².